The minimum absolute atomic E-state index is 0.0411. The Balaban J connectivity index is 1.42. The number of H-pyrrole nitrogens is 1. The molecule has 3 aromatic rings. The fourth-order valence-corrected chi connectivity index (χ4v) is 5.38. The molecule has 8 heteroatoms. The molecule has 2 saturated carbocycles. The van der Waals surface area contributed by atoms with Crippen LogP contribution in [0.3, 0.4) is 0 Å². The van der Waals surface area contributed by atoms with Gasteiger partial charge in [0.2, 0.25) is 0 Å². The van der Waals surface area contributed by atoms with Gasteiger partial charge in [0.15, 0.2) is 5.82 Å². The number of benzene rings is 1. The van der Waals surface area contributed by atoms with Crippen LogP contribution in [0.25, 0.3) is 10.9 Å². The van der Waals surface area contributed by atoms with Gasteiger partial charge in [0.05, 0.1) is 25.2 Å². The van der Waals surface area contributed by atoms with Gasteiger partial charge in [-0.25, -0.2) is 4.68 Å². The highest BCUT2D eigenvalue weighted by Gasteiger charge is 2.27. The highest BCUT2D eigenvalue weighted by atomic mass is 16.5. The molecule has 2 aromatic heterocycles. The number of methoxy groups -OCH3 is 1. The van der Waals surface area contributed by atoms with E-state index in [4.69, 9.17) is 4.74 Å². The van der Waals surface area contributed by atoms with Gasteiger partial charge in [-0.15, -0.1) is 5.10 Å². The molecule has 2 aliphatic carbocycles. The molecule has 0 saturated heterocycles. The van der Waals surface area contributed by atoms with Gasteiger partial charge < -0.3 is 9.72 Å². The average Bonchev–Trinajstić information content (AvgIpc) is 3.52. The number of nitrogens with one attached hydrogen (secondary N) is 1. The molecule has 170 valence electrons. The zero-order chi connectivity index (χ0) is 21.9. The van der Waals surface area contributed by atoms with Gasteiger partial charge >= 0.3 is 0 Å². The lowest BCUT2D eigenvalue weighted by Gasteiger charge is -2.29. The molecule has 2 aliphatic rings. The van der Waals surface area contributed by atoms with Gasteiger partial charge in [0, 0.05) is 24.2 Å². The molecule has 0 unspecified atom stereocenters. The van der Waals surface area contributed by atoms with Crippen molar-refractivity contribution in [2.45, 2.75) is 83.0 Å². The smallest absolute Gasteiger partial charge is 0.252 e. The Morgan fingerprint density at radius 1 is 1.06 bits per heavy atom. The van der Waals surface area contributed by atoms with E-state index < -0.39 is 0 Å². The second kappa shape index (κ2) is 9.40. The van der Waals surface area contributed by atoms with Gasteiger partial charge in [-0.2, -0.15) is 0 Å². The van der Waals surface area contributed by atoms with Gasteiger partial charge in [0.25, 0.3) is 5.56 Å². The monoisotopic (exact) mass is 436 g/mol. The van der Waals surface area contributed by atoms with Crippen molar-refractivity contribution in [1.29, 1.82) is 0 Å². The van der Waals surface area contributed by atoms with Gasteiger partial charge in [0.1, 0.15) is 5.75 Å². The minimum Gasteiger partial charge on any atom is -0.497 e. The van der Waals surface area contributed by atoms with Crippen molar-refractivity contribution >= 4 is 10.9 Å². The van der Waals surface area contributed by atoms with E-state index in [9.17, 15) is 4.79 Å². The van der Waals surface area contributed by atoms with Gasteiger partial charge in [-0.05, 0) is 59.7 Å². The maximum Gasteiger partial charge on any atom is 0.252 e. The van der Waals surface area contributed by atoms with E-state index >= 15 is 0 Å². The fourth-order valence-electron chi connectivity index (χ4n) is 5.38. The summed E-state index contributed by atoms with van der Waals surface area (Å²) in [7, 11) is 1.63. The Morgan fingerprint density at radius 3 is 2.62 bits per heavy atom. The topological polar surface area (TPSA) is 88.9 Å². The van der Waals surface area contributed by atoms with Crippen molar-refractivity contribution in [3.05, 3.63) is 46.0 Å². The predicted octanol–water partition coefficient (Wildman–Crippen LogP) is 3.97. The number of aromatic nitrogens is 5. The minimum atomic E-state index is -0.0411. The average molecular weight is 437 g/mol. The maximum absolute atomic E-state index is 12.9. The molecule has 0 spiro atoms. The standard InChI is InChI=1S/C24H32N6O2/c1-32-21-12-11-17-13-18(24(31)25-22(17)14-21)15-29(19-7-5-6-8-19)16-23-26-27-28-30(23)20-9-3-2-4-10-20/h11-14,19-20H,2-10,15-16H2,1H3,(H,25,31). The summed E-state index contributed by atoms with van der Waals surface area (Å²) in [6, 6.07) is 8.66. The van der Waals surface area contributed by atoms with E-state index in [1.54, 1.807) is 7.11 Å². The van der Waals surface area contributed by atoms with Crippen LogP contribution in [0.4, 0.5) is 0 Å². The van der Waals surface area contributed by atoms with Crippen LogP contribution in [0.1, 0.15) is 75.2 Å². The first kappa shape index (κ1) is 21.1. The summed E-state index contributed by atoms with van der Waals surface area (Å²) in [6.07, 6.45) is 10.9. The third kappa shape index (κ3) is 4.41. The summed E-state index contributed by atoms with van der Waals surface area (Å²) in [5, 5.41) is 13.8. The molecule has 0 atom stereocenters. The molecule has 0 radical (unpaired) electrons. The summed E-state index contributed by atoms with van der Waals surface area (Å²) in [5.74, 6) is 1.66. The summed E-state index contributed by atoms with van der Waals surface area (Å²) in [6.45, 7) is 1.27. The van der Waals surface area contributed by atoms with Crippen molar-refractivity contribution in [2.24, 2.45) is 0 Å². The molecule has 2 heterocycles. The number of hydrogen-bond acceptors (Lipinski definition) is 6. The summed E-state index contributed by atoms with van der Waals surface area (Å²) in [5.41, 5.74) is 1.54. The van der Waals surface area contributed by atoms with Crippen molar-refractivity contribution in [2.75, 3.05) is 7.11 Å². The summed E-state index contributed by atoms with van der Waals surface area (Å²) in [4.78, 5) is 18.4. The molecule has 5 rings (SSSR count). The Morgan fingerprint density at radius 2 is 1.84 bits per heavy atom. The van der Waals surface area contributed by atoms with Gasteiger partial charge in [-0.3, -0.25) is 9.69 Å². The summed E-state index contributed by atoms with van der Waals surface area (Å²) >= 11 is 0. The van der Waals surface area contributed by atoms with Crippen LogP contribution >= 0.6 is 0 Å². The third-order valence-corrected chi connectivity index (χ3v) is 7.17. The number of nitrogens with zero attached hydrogens (tertiary/aromatic N) is 5. The largest absolute Gasteiger partial charge is 0.497 e. The van der Waals surface area contributed by atoms with E-state index in [-0.39, 0.29) is 5.56 Å². The molecule has 0 amide bonds. The predicted molar refractivity (Wildman–Crippen MR) is 123 cm³/mol. The maximum atomic E-state index is 12.9. The first-order valence-corrected chi connectivity index (χ1v) is 11.9. The molecule has 2 fully saturated rings. The second-order valence-electron chi connectivity index (χ2n) is 9.25. The Labute approximate surface area is 188 Å². The SMILES string of the molecule is COc1ccc2cc(CN(Cc3nnnn3C3CCCCC3)C3CCCC3)c(=O)[nH]c2c1. The highest BCUT2D eigenvalue weighted by molar-refractivity contribution is 5.80. The van der Waals surface area contributed by atoms with Crippen molar-refractivity contribution in [3.63, 3.8) is 0 Å². The Kier molecular flexibility index (Phi) is 6.21. The van der Waals surface area contributed by atoms with Crippen LogP contribution in [0.15, 0.2) is 29.1 Å². The second-order valence-corrected chi connectivity index (χ2v) is 9.25. The lowest BCUT2D eigenvalue weighted by Crippen LogP contribution is -2.35. The quantitative estimate of drug-likeness (QED) is 0.603. The number of hydrogen-bond donors (Lipinski definition) is 1. The van der Waals surface area contributed by atoms with Crippen LogP contribution < -0.4 is 10.3 Å². The van der Waals surface area contributed by atoms with E-state index in [1.165, 1.54) is 32.1 Å². The van der Waals surface area contributed by atoms with E-state index in [2.05, 4.69) is 30.1 Å². The molecule has 0 bridgehead atoms. The highest BCUT2D eigenvalue weighted by Crippen LogP contribution is 2.30. The van der Waals surface area contributed by atoms with Crippen molar-refractivity contribution in [1.82, 2.24) is 30.1 Å². The Hall–Kier alpha value is -2.74. The van der Waals surface area contributed by atoms with Gasteiger partial charge in [-0.1, -0.05) is 32.1 Å². The first-order chi connectivity index (χ1) is 15.7. The molecule has 32 heavy (non-hydrogen) atoms. The number of pyridine rings is 1. The van der Waals surface area contributed by atoms with Crippen LogP contribution in [0, 0.1) is 0 Å². The van der Waals surface area contributed by atoms with E-state index in [1.807, 2.05) is 24.3 Å². The summed E-state index contributed by atoms with van der Waals surface area (Å²) < 4.78 is 7.35. The number of aromatic amines is 1. The van der Waals surface area contributed by atoms with Crippen LogP contribution in [0.5, 0.6) is 5.75 Å². The zero-order valence-electron chi connectivity index (χ0n) is 18.8. The molecular formula is C24H32N6O2. The number of ether oxygens (including phenoxy) is 1. The molecule has 1 N–H and O–H groups in total. The van der Waals surface area contributed by atoms with Crippen LogP contribution in [0.2, 0.25) is 0 Å². The van der Waals surface area contributed by atoms with E-state index in [0.29, 0.717) is 25.2 Å². The normalized spacial score (nSPS) is 18.1. The van der Waals surface area contributed by atoms with Crippen LogP contribution in [-0.4, -0.2) is 43.2 Å². The number of rotatable bonds is 7. The third-order valence-electron chi connectivity index (χ3n) is 7.17. The zero-order valence-corrected chi connectivity index (χ0v) is 18.8. The Bertz CT molecular complexity index is 1110. The number of tetrazole rings is 1. The molecule has 8 nitrogen and oxygen atoms in total. The molecular weight excluding hydrogens is 404 g/mol. The van der Waals surface area contributed by atoms with Crippen LogP contribution in [-0.2, 0) is 13.1 Å². The fraction of sp³-hybridized carbons (Fsp3) is 0.583. The lowest BCUT2D eigenvalue weighted by molar-refractivity contribution is 0.168. The lowest BCUT2D eigenvalue weighted by atomic mass is 9.95. The number of fused-ring (bicyclic) bond motifs is 1. The molecule has 1 aromatic carbocycles. The van der Waals surface area contributed by atoms with Crippen molar-refractivity contribution in [3.8, 4) is 5.75 Å². The van der Waals surface area contributed by atoms with E-state index in [0.717, 1.165) is 53.7 Å². The molecule has 0 aliphatic heterocycles. The first-order valence-electron chi connectivity index (χ1n) is 11.9. The van der Waals surface area contributed by atoms with Crippen molar-refractivity contribution < 1.29 is 4.74 Å².